The Balaban J connectivity index is 2.14. The second-order valence-electron chi connectivity index (χ2n) is 6.67. The number of H-pyrrole nitrogens is 1. The van der Waals surface area contributed by atoms with Crippen LogP contribution < -0.4 is 0 Å². The topological polar surface area (TPSA) is 54.5 Å². The van der Waals surface area contributed by atoms with Crippen molar-refractivity contribution in [1.29, 1.82) is 0 Å². The van der Waals surface area contributed by atoms with Gasteiger partial charge in [-0.3, -0.25) is 0 Å². The summed E-state index contributed by atoms with van der Waals surface area (Å²) in [5.74, 6) is 1.09. The molecule has 0 amide bonds. The maximum Gasteiger partial charge on any atom is 0.180 e. The van der Waals surface area contributed by atoms with Crippen LogP contribution in [0.25, 0.3) is 11.2 Å². The zero-order valence-corrected chi connectivity index (χ0v) is 14.4. The zero-order valence-electron chi connectivity index (χ0n) is 14.4. The average molecular weight is 302 g/mol. The Morgan fingerprint density at radius 3 is 2.36 bits per heavy atom. The number of aromatic amines is 1. The Bertz CT molecular complexity index is 530. The van der Waals surface area contributed by atoms with Gasteiger partial charge in [0.05, 0.1) is 6.20 Å². The lowest BCUT2D eigenvalue weighted by Crippen LogP contribution is -2.24. The first-order valence-electron chi connectivity index (χ1n) is 8.86. The minimum Gasteiger partial charge on any atom is -0.339 e. The van der Waals surface area contributed by atoms with E-state index >= 15 is 0 Å². The average Bonchev–Trinajstić information content (AvgIpc) is 2.97. The van der Waals surface area contributed by atoms with Gasteiger partial charge in [-0.25, -0.2) is 15.0 Å². The Morgan fingerprint density at radius 2 is 1.68 bits per heavy atom. The molecular weight excluding hydrogens is 272 g/mol. The maximum atomic E-state index is 4.76. The third-order valence-electron chi connectivity index (χ3n) is 4.65. The predicted octanol–water partition coefficient (Wildman–Crippen LogP) is 5.16. The van der Waals surface area contributed by atoms with Crippen molar-refractivity contribution in [1.82, 2.24) is 19.9 Å². The van der Waals surface area contributed by atoms with Gasteiger partial charge in [-0.05, 0) is 12.8 Å². The summed E-state index contributed by atoms with van der Waals surface area (Å²) in [6, 6.07) is 0. The van der Waals surface area contributed by atoms with E-state index in [-0.39, 0.29) is 5.41 Å². The Morgan fingerprint density at radius 1 is 1.00 bits per heavy atom. The van der Waals surface area contributed by atoms with Crippen LogP contribution >= 0.6 is 0 Å². The standard InChI is InChI=1S/C18H30N4/c1-4-6-8-10-12-18(3,11-9-7-5-2)17-21-15-13-19-14-20-16(15)22-17/h13-14H,4-12H2,1-3H3,(H,19,20,21,22). The number of imidazole rings is 1. The van der Waals surface area contributed by atoms with E-state index in [1.54, 1.807) is 6.33 Å². The van der Waals surface area contributed by atoms with Crippen molar-refractivity contribution in [2.24, 2.45) is 0 Å². The van der Waals surface area contributed by atoms with Crippen LogP contribution in [0.15, 0.2) is 12.5 Å². The second-order valence-corrected chi connectivity index (χ2v) is 6.67. The second kappa shape index (κ2) is 8.25. The van der Waals surface area contributed by atoms with Crippen molar-refractivity contribution >= 4 is 11.2 Å². The number of nitrogens with one attached hydrogen (secondary N) is 1. The summed E-state index contributed by atoms with van der Waals surface area (Å²) >= 11 is 0. The molecule has 0 spiro atoms. The molecule has 2 aromatic rings. The zero-order chi connectivity index (χ0) is 15.8. The van der Waals surface area contributed by atoms with Crippen LogP contribution in [0, 0.1) is 0 Å². The van der Waals surface area contributed by atoms with Crippen molar-refractivity contribution in [3.8, 4) is 0 Å². The molecule has 2 rings (SSSR count). The highest BCUT2D eigenvalue weighted by atomic mass is 15.0. The van der Waals surface area contributed by atoms with Gasteiger partial charge in [0, 0.05) is 5.41 Å². The minimum absolute atomic E-state index is 0.129. The van der Waals surface area contributed by atoms with Gasteiger partial charge >= 0.3 is 0 Å². The number of rotatable bonds is 10. The van der Waals surface area contributed by atoms with Gasteiger partial charge in [0.25, 0.3) is 0 Å². The first kappa shape index (κ1) is 16.9. The molecule has 1 atom stereocenters. The summed E-state index contributed by atoms with van der Waals surface area (Å²) < 4.78 is 0. The smallest absolute Gasteiger partial charge is 0.180 e. The lowest BCUT2D eigenvalue weighted by atomic mass is 9.79. The van der Waals surface area contributed by atoms with Crippen molar-refractivity contribution in [3.05, 3.63) is 18.3 Å². The van der Waals surface area contributed by atoms with Crippen LogP contribution in [0.2, 0.25) is 0 Å². The molecule has 1 N–H and O–H groups in total. The Hall–Kier alpha value is -1.45. The summed E-state index contributed by atoms with van der Waals surface area (Å²) in [7, 11) is 0. The van der Waals surface area contributed by atoms with Gasteiger partial charge < -0.3 is 4.98 Å². The number of fused-ring (bicyclic) bond motifs is 1. The fourth-order valence-corrected chi connectivity index (χ4v) is 3.12. The van der Waals surface area contributed by atoms with E-state index in [9.17, 15) is 0 Å². The summed E-state index contributed by atoms with van der Waals surface area (Å²) in [4.78, 5) is 16.6. The van der Waals surface area contributed by atoms with Crippen LogP contribution in [0.3, 0.4) is 0 Å². The van der Waals surface area contributed by atoms with E-state index in [0.29, 0.717) is 0 Å². The number of hydrogen-bond donors (Lipinski definition) is 1. The van der Waals surface area contributed by atoms with E-state index in [4.69, 9.17) is 4.98 Å². The van der Waals surface area contributed by atoms with E-state index < -0.39 is 0 Å². The van der Waals surface area contributed by atoms with Crippen LogP contribution in [0.1, 0.15) is 84.4 Å². The van der Waals surface area contributed by atoms with E-state index in [1.165, 1.54) is 57.8 Å². The van der Waals surface area contributed by atoms with Gasteiger partial charge in [0.15, 0.2) is 5.65 Å². The molecule has 0 aromatic carbocycles. The van der Waals surface area contributed by atoms with E-state index in [1.807, 2.05) is 6.20 Å². The lowest BCUT2D eigenvalue weighted by molar-refractivity contribution is 0.350. The summed E-state index contributed by atoms with van der Waals surface area (Å²) in [6.45, 7) is 6.88. The maximum absolute atomic E-state index is 4.76. The molecule has 0 fully saturated rings. The van der Waals surface area contributed by atoms with Crippen molar-refractivity contribution in [2.75, 3.05) is 0 Å². The van der Waals surface area contributed by atoms with E-state index in [0.717, 1.165) is 17.0 Å². The third kappa shape index (κ3) is 4.28. The Labute approximate surface area is 134 Å². The number of aromatic nitrogens is 4. The van der Waals surface area contributed by atoms with Crippen LogP contribution in [-0.4, -0.2) is 19.9 Å². The van der Waals surface area contributed by atoms with Crippen LogP contribution in [0.4, 0.5) is 0 Å². The van der Waals surface area contributed by atoms with Gasteiger partial charge in [0.1, 0.15) is 17.7 Å². The van der Waals surface area contributed by atoms with Crippen LogP contribution in [0.5, 0.6) is 0 Å². The fourth-order valence-electron chi connectivity index (χ4n) is 3.12. The molecule has 0 aliphatic carbocycles. The number of hydrogen-bond acceptors (Lipinski definition) is 3. The predicted molar refractivity (Wildman–Crippen MR) is 91.9 cm³/mol. The molecule has 0 aliphatic heterocycles. The number of nitrogens with zero attached hydrogens (tertiary/aromatic N) is 3. The fraction of sp³-hybridized carbons (Fsp3) is 0.722. The monoisotopic (exact) mass is 302 g/mol. The molecule has 2 aromatic heterocycles. The van der Waals surface area contributed by atoms with Crippen molar-refractivity contribution in [2.45, 2.75) is 84.0 Å². The highest BCUT2D eigenvalue weighted by Crippen LogP contribution is 2.34. The third-order valence-corrected chi connectivity index (χ3v) is 4.65. The van der Waals surface area contributed by atoms with Gasteiger partial charge in [-0.2, -0.15) is 0 Å². The lowest BCUT2D eigenvalue weighted by Gasteiger charge is -2.27. The molecule has 0 bridgehead atoms. The largest absolute Gasteiger partial charge is 0.339 e. The minimum atomic E-state index is 0.129. The van der Waals surface area contributed by atoms with Gasteiger partial charge in [-0.15, -0.1) is 0 Å². The Kier molecular flexibility index (Phi) is 6.34. The first-order chi connectivity index (χ1) is 10.7. The summed E-state index contributed by atoms with van der Waals surface area (Å²) in [5, 5.41) is 0. The molecule has 2 heterocycles. The highest BCUT2D eigenvalue weighted by molar-refractivity contribution is 5.69. The van der Waals surface area contributed by atoms with Gasteiger partial charge in [0.2, 0.25) is 0 Å². The van der Waals surface area contributed by atoms with Crippen molar-refractivity contribution < 1.29 is 0 Å². The molecular formula is C18H30N4. The highest BCUT2D eigenvalue weighted by Gasteiger charge is 2.29. The molecule has 4 nitrogen and oxygen atoms in total. The number of unbranched alkanes of at least 4 members (excludes halogenated alkanes) is 5. The van der Waals surface area contributed by atoms with Gasteiger partial charge in [-0.1, -0.05) is 65.7 Å². The summed E-state index contributed by atoms with van der Waals surface area (Å²) in [6.07, 6.45) is 14.8. The normalized spacial score (nSPS) is 14.3. The first-order valence-corrected chi connectivity index (χ1v) is 8.86. The molecule has 0 saturated heterocycles. The van der Waals surface area contributed by atoms with Crippen LogP contribution in [-0.2, 0) is 5.41 Å². The quantitative estimate of drug-likeness (QED) is 0.617. The SMILES string of the molecule is CCCCCCC(C)(CCCCC)c1nc2ncncc2[nH]1. The molecule has 0 saturated carbocycles. The molecule has 4 heteroatoms. The molecule has 0 radical (unpaired) electrons. The molecule has 0 aliphatic rings. The molecule has 122 valence electrons. The summed E-state index contributed by atoms with van der Waals surface area (Å²) in [5.41, 5.74) is 1.87. The van der Waals surface area contributed by atoms with E-state index in [2.05, 4.69) is 35.7 Å². The molecule has 22 heavy (non-hydrogen) atoms. The molecule has 1 unspecified atom stereocenters. The van der Waals surface area contributed by atoms with Crippen molar-refractivity contribution in [3.63, 3.8) is 0 Å².